The number of hydrogen-bond acceptors (Lipinski definition) is 2. The van der Waals surface area contributed by atoms with Crippen LogP contribution >= 0.6 is 0 Å². The second kappa shape index (κ2) is 15.0. The lowest BCUT2D eigenvalue weighted by Gasteiger charge is -2.06. The first-order chi connectivity index (χ1) is 12.2. The first-order valence-electron chi connectivity index (χ1n) is 10.4. The topological polar surface area (TPSA) is 26.3 Å². The molecular weight excluding hydrogens is 308 g/mol. The number of unbranched alkanes of at least 4 members (excludes halogenated alkanes) is 9. The van der Waals surface area contributed by atoms with E-state index in [2.05, 4.69) is 38.1 Å². The van der Waals surface area contributed by atoms with Crippen molar-refractivity contribution in [3.05, 3.63) is 35.4 Å². The van der Waals surface area contributed by atoms with Gasteiger partial charge in [-0.1, -0.05) is 94.5 Å². The highest BCUT2D eigenvalue weighted by atomic mass is 16.5. The molecule has 0 aliphatic carbocycles. The Morgan fingerprint density at radius 3 is 1.96 bits per heavy atom. The van der Waals surface area contributed by atoms with Gasteiger partial charge in [0.1, 0.15) is 0 Å². The Kier molecular flexibility index (Phi) is 13.0. The van der Waals surface area contributed by atoms with E-state index in [4.69, 9.17) is 4.74 Å². The van der Waals surface area contributed by atoms with Crippen molar-refractivity contribution in [2.45, 2.75) is 97.3 Å². The maximum absolute atomic E-state index is 11.7. The van der Waals surface area contributed by atoms with Crippen molar-refractivity contribution in [1.29, 1.82) is 0 Å². The molecule has 1 aromatic rings. The van der Waals surface area contributed by atoms with Crippen LogP contribution in [-0.4, -0.2) is 12.6 Å². The maximum atomic E-state index is 11.7. The van der Waals surface area contributed by atoms with E-state index in [0.29, 0.717) is 13.0 Å². The lowest BCUT2D eigenvalue weighted by Crippen LogP contribution is -2.06. The Morgan fingerprint density at radius 1 is 0.800 bits per heavy atom. The lowest BCUT2D eigenvalue weighted by molar-refractivity contribution is -0.143. The summed E-state index contributed by atoms with van der Waals surface area (Å²) in [7, 11) is 0. The molecule has 0 unspecified atom stereocenters. The highest BCUT2D eigenvalue weighted by molar-refractivity contribution is 5.69. The molecule has 0 aliphatic heterocycles. The summed E-state index contributed by atoms with van der Waals surface area (Å²) in [5.74, 6) is -0.0389. The molecule has 0 radical (unpaired) electrons. The second-order valence-electron chi connectivity index (χ2n) is 7.24. The number of rotatable bonds is 15. The molecule has 1 aromatic carbocycles. The van der Waals surface area contributed by atoms with Crippen molar-refractivity contribution < 1.29 is 9.53 Å². The van der Waals surface area contributed by atoms with Crippen LogP contribution in [0.5, 0.6) is 0 Å². The van der Waals surface area contributed by atoms with E-state index in [-0.39, 0.29) is 5.97 Å². The van der Waals surface area contributed by atoms with Gasteiger partial charge >= 0.3 is 5.97 Å². The summed E-state index contributed by atoms with van der Waals surface area (Å²) in [6.07, 6.45) is 15.4. The van der Waals surface area contributed by atoms with E-state index in [1.54, 1.807) is 0 Å². The normalized spacial score (nSPS) is 10.8. The van der Waals surface area contributed by atoms with Crippen LogP contribution in [0.4, 0.5) is 0 Å². The van der Waals surface area contributed by atoms with Gasteiger partial charge in [-0.2, -0.15) is 0 Å². The Balaban J connectivity index is 1.86. The molecule has 0 amide bonds. The van der Waals surface area contributed by atoms with Crippen molar-refractivity contribution >= 4 is 5.97 Å². The second-order valence-corrected chi connectivity index (χ2v) is 7.24. The van der Waals surface area contributed by atoms with E-state index in [0.717, 1.165) is 19.3 Å². The zero-order chi connectivity index (χ0) is 18.2. The molecule has 0 heterocycles. The van der Waals surface area contributed by atoms with Gasteiger partial charge in [-0.25, -0.2) is 0 Å². The van der Waals surface area contributed by atoms with E-state index < -0.39 is 0 Å². The Morgan fingerprint density at radius 2 is 1.36 bits per heavy atom. The smallest absolute Gasteiger partial charge is 0.305 e. The van der Waals surface area contributed by atoms with Crippen molar-refractivity contribution in [2.75, 3.05) is 6.61 Å². The van der Waals surface area contributed by atoms with Gasteiger partial charge in [-0.05, 0) is 31.7 Å². The predicted molar refractivity (Wildman–Crippen MR) is 107 cm³/mol. The summed E-state index contributed by atoms with van der Waals surface area (Å²) < 4.78 is 5.33. The van der Waals surface area contributed by atoms with Gasteiger partial charge in [-0.3, -0.25) is 4.79 Å². The average Bonchev–Trinajstić information content (AvgIpc) is 2.61. The van der Waals surface area contributed by atoms with Crippen LogP contribution in [-0.2, 0) is 16.0 Å². The standard InChI is InChI=1S/C23H38O2/c1-3-4-5-6-7-8-9-10-11-12-20-25-23(24)15-13-14-22-18-16-21(2)17-19-22/h16-19H,3-15,20H2,1-2H3. The minimum Gasteiger partial charge on any atom is -0.466 e. The van der Waals surface area contributed by atoms with Crippen LogP contribution in [0.3, 0.4) is 0 Å². The molecule has 0 atom stereocenters. The van der Waals surface area contributed by atoms with Gasteiger partial charge in [0.25, 0.3) is 0 Å². The predicted octanol–water partition coefficient (Wildman–Crippen LogP) is 6.78. The third-order valence-electron chi connectivity index (χ3n) is 4.73. The highest BCUT2D eigenvalue weighted by Gasteiger charge is 2.03. The third-order valence-corrected chi connectivity index (χ3v) is 4.73. The number of esters is 1. The lowest BCUT2D eigenvalue weighted by atomic mass is 10.1. The number of carbonyl (C=O) groups excluding carboxylic acids is 1. The quantitative estimate of drug-likeness (QED) is 0.258. The summed E-state index contributed by atoms with van der Waals surface area (Å²) >= 11 is 0. The van der Waals surface area contributed by atoms with E-state index in [9.17, 15) is 4.79 Å². The summed E-state index contributed by atoms with van der Waals surface area (Å²) in [4.78, 5) is 11.7. The zero-order valence-electron chi connectivity index (χ0n) is 16.5. The van der Waals surface area contributed by atoms with Gasteiger partial charge in [0.2, 0.25) is 0 Å². The van der Waals surface area contributed by atoms with E-state index in [1.165, 1.54) is 68.9 Å². The summed E-state index contributed by atoms with van der Waals surface area (Å²) in [5, 5.41) is 0. The van der Waals surface area contributed by atoms with Gasteiger partial charge < -0.3 is 4.74 Å². The molecule has 2 nitrogen and oxygen atoms in total. The van der Waals surface area contributed by atoms with Crippen molar-refractivity contribution in [2.24, 2.45) is 0 Å². The van der Waals surface area contributed by atoms with Crippen LogP contribution in [0.15, 0.2) is 24.3 Å². The molecule has 0 bridgehead atoms. The first kappa shape index (κ1) is 21.7. The summed E-state index contributed by atoms with van der Waals surface area (Å²) in [5.41, 5.74) is 2.58. The fourth-order valence-corrected chi connectivity index (χ4v) is 3.04. The fraction of sp³-hybridized carbons (Fsp3) is 0.696. The van der Waals surface area contributed by atoms with Crippen molar-refractivity contribution in [1.82, 2.24) is 0 Å². The molecule has 1 rings (SSSR count). The van der Waals surface area contributed by atoms with Crippen molar-refractivity contribution in [3.63, 3.8) is 0 Å². The monoisotopic (exact) mass is 346 g/mol. The SMILES string of the molecule is CCCCCCCCCCCCOC(=O)CCCc1ccc(C)cc1. The molecule has 0 N–H and O–H groups in total. The molecule has 0 fully saturated rings. The molecule has 142 valence electrons. The van der Waals surface area contributed by atoms with Gasteiger partial charge in [0.15, 0.2) is 0 Å². The molecular formula is C23H38O2. The van der Waals surface area contributed by atoms with Crippen LogP contribution in [0.1, 0.15) is 95.1 Å². The van der Waals surface area contributed by atoms with Crippen LogP contribution in [0.25, 0.3) is 0 Å². The third kappa shape index (κ3) is 12.7. The van der Waals surface area contributed by atoms with Gasteiger partial charge in [-0.15, -0.1) is 0 Å². The molecule has 0 saturated heterocycles. The minimum atomic E-state index is -0.0389. The average molecular weight is 347 g/mol. The molecule has 0 saturated carbocycles. The van der Waals surface area contributed by atoms with Gasteiger partial charge in [0.05, 0.1) is 6.61 Å². The molecule has 25 heavy (non-hydrogen) atoms. The Bertz CT molecular complexity index is 436. The van der Waals surface area contributed by atoms with Gasteiger partial charge in [0, 0.05) is 6.42 Å². The molecule has 2 heteroatoms. The number of benzene rings is 1. The Labute approximate surface area is 155 Å². The fourth-order valence-electron chi connectivity index (χ4n) is 3.04. The van der Waals surface area contributed by atoms with Crippen LogP contribution in [0, 0.1) is 6.92 Å². The number of aryl methyl sites for hydroxylation is 2. The minimum absolute atomic E-state index is 0.0389. The summed E-state index contributed by atoms with van der Waals surface area (Å²) in [6, 6.07) is 8.53. The molecule has 0 aliphatic rings. The number of carbonyl (C=O) groups is 1. The van der Waals surface area contributed by atoms with E-state index >= 15 is 0 Å². The number of ether oxygens (including phenoxy) is 1. The molecule has 0 aromatic heterocycles. The van der Waals surface area contributed by atoms with E-state index in [1.807, 2.05) is 0 Å². The largest absolute Gasteiger partial charge is 0.466 e. The van der Waals surface area contributed by atoms with Crippen LogP contribution < -0.4 is 0 Å². The first-order valence-corrected chi connectivity index (χ1v) is 10.4. The highest BCUT2D eigenvalue weighted by Crippen LogP contribution is 2.11. The Hall–Kier alpha value is -1.31. The van der Waals surface area contributed by atoms with Crippen LogP contribution in [0.2, 0.25) is 0 Å². The number of hydrogen-bond donors (Lipinski definition) is 0. The summed E-state index contributed by atoms with van der Waals surface area (Å²) in [6.45, 7) is 4.95. The zero-order valence-corrected chi connectivity index (χ0v) is 16.5. The molecule has 0 spiro atoms. The van der Waals surface area contributed by atoms with Crippen molar-refractivity contribution in [3.8, 4) is 0 Å². The maximum Gasteiger partial charge on any atom is 0.305 e.